The Morgan fingerprint density at radius 2 is 1.65 bits per heavy atom. The van der Waals surface area contributed by atoms with Crippen LogP contribution in [0.25, 0.3) is 0 Å². The number of piperidine rings is 1. The average Bonchev–Trinajstić information content (AvgIpc) is 3.26. The van der Waals surface area contributed by atoms with Crippen LogP contribution in [0, 0.1) is 28.6 Å². The molecule has 4 aliphatic rings. The molecule has 4 N–H and O–H groups in total. The van der Waals surface area contributed by atoms with E-state index in [1.165, 1.54) is 4.90 Å². The molecule has 12 nitrogen and oxygen atoms in total. The first-order valence-electron chi connectivity index (χ1n) is 17.6. The van der Waals surface area contributed by atoms with Crippen LogP contribution in [0.15, 0.2) is 12.7 Å². The minimum absolute atomic E-state index is 0.0647. The lowest BCUT2D eigenvalue weighted by Crippen LogP contribution is -2.64. The number of nitrogens with zero attached hydrogens (tertiary/aromatic N) is 1. The Hall–Kier alpha value is -2.96. The molecule has 5 atom stereocenters. The summed E-state index contributed by atoms with van der Waals surface area (Å²) in [6.45, 7) is 13.8. The van der Waals surface area contributed by atoms with Crippen LogP contribution >= 0.6 is 0 Å². The quantitative estimate of drug-likeness (QED) is 0.123. The molecule has 270 valence electrons. The largest absolute Gasteiger partial charge is 0.349 e. The molecule has 4 rings (SSSR count). The van der Waals surface area contributed by atoms with Crippen LogP contribution in [-0.2, 0) is 29.0 Å². The third-order valence-corrected chi connectivity index (χ3v) is 12.2. The molecular weight excluding hydrogens is 634 g/mol. The highest BCUT2D eigenvalue weighted by Crippen LogP contribution is 2.65. The molecule has 1 aliphatic heterocycles. The molecule has 5 amide bonds. The minimum atomic E-state index is -3.39. The Bertz CT molecular complexity index is 1380. The maximum absolute atomic E-state index is 14.4. The molecule has 48 heavy (non-hydrogen) atoms. The van der Waals surface area contributed by atoms with Crippen molar-refractivity contribution in [1.29, 1.82) is 0 Å². The monoisotopic (exact) mass is 691 g/mol. The molecule has 1 heterocycles. The zero-order chi connectivity index (χ0) is 35.7. The zero-order valence-corrected chi connectivity index (χ0v) is 30.5. The van der Waals surface area contributed by atoms with Crippen LogP contribution in [0.3, 0.4) is 0 Å². The second kappa shape index (κ2) is 14.5. The number of urea groups is 1. The summed E-state index contributed by atoms with van der Waals surface area (Å²) in [5, 5.41) is 11.3. The average molecular weight is 692 g/mol. The maximum atomic E-state index is 14.4. The molecule has 4 fully saturated rings. The standard InChI is InChI=1S/C35H57N5O7S/c1-8-9-18-36-30(43)27(41)24(19-22-14-13-15-22)37-29(42)26-25-23(34(25,5)6)20-40(26)31(44)28(33(2,3)4)38-32(45)39-35(21-48(7,46)47)16-11-10-12-17-35/h8,22-26,28H,1,9-21H2,2-7H3,(H,36,43)(H,37,42)(H2,38,39,45)/t23?,24?,25-,26-,28+/m0/s1. The van der Waals surface area contributed by atoms with E-state index in [1.54, 1.807) is 6.08 Å². The van der Waals surface area contributed by atoms with E-state index in [1.807, 2.05) is 20.8 Å². The van der Waals surface area contributed by atoms with Crippen molar-refractivity contribution in [1.82, 2.24) is 26.2 Å². The first-order chi connectivity index (χ1) is 22.3. The van der Waals surface area contributed by atoms with Crippen molar-refractivity contribution in [3.05, 3.63) is 12.7 Å². The number of rotatable bonds is 14. The Morgan fingerprint density at radius 3 is 2.19 bits per heavy atom. The van der Waals surface area contributed by atoms with Gasteiger partial charge in [-0.15, -0.1) is 6.58 Å². The number of hydrogen-bond acceptors (Lipinski definition) is 7. The van der Waals surface area contributed by atoms with Gasteiger partial charge in [-0.1, -0.05) is 79.2 Å². The number of hydrogen-bond donors (Lipinski definition) is 4. The van der Waals surface area contributed by atoms with Crippen LogP contribution in [0.2, 0.25) is 0 Å². The molecule has 0 aromatic rings. The summed E-state index contributed by atoms with van der Waals surface area (Å²) in [6.07, 6.45) is 10.2. The third-order valence-electron chi connectivity index (χ3n) is 11.2. The summed E-state index contributed by atoms with van der Waals surface area (Å²) in [6, 6.07) is -3.51. The number of carbonyl (C=O) groups excluding carboxylic acids is 5. The summed E-state index contributed by atoms with van der Waals surface area (Å²) in [5.74, 6) is -2.35. The highest BCUT2D eigenvalue weighted by atomic mass is 32.2. The Kier molecular flexibility index (Phi) is 11.4. The highest BCUT2D eigenvalue weighted by Gasteiger charge is 2.70. The summed E-state index contributed by atoms with van der Waals surface area (Å²) in [5.41, 5.74) is -1.86. The number of carbonyl (C=O) groups is 5. The van der Waals surface area contributed by atoms with Gasteiger partial charge in [0.2, 0.25) is 17.6 Å². The van der Waals surface area contributed by atoms with Gasteiger partial charge in [0.15, 0.2) is 0 Å². The molecule has 1 saturated heterocycles. The van der Waals surface area contributed by atoms with E-state index in [0.717, 1.165) is 44.8 Å². The molecule has 2 unspecified atom stereocenters. The minimum Gasteiger partial charge on any atom is -0.349 e. The van der Waals surface area contributed by atoms with Crippen molar-refractivity contribution in [3.63, 3.8) is 0 Å². The Morgan fingerprint density at radius 1 is 1.00 bits per heavy atom. The number of fused-ring (bicyclic) bond motifs is 1. The summed E-state index contributed by atoms with van der Waals surface area (Å²) in [4.78, 5) is 69.7. The molecule has 13 heteroatoms. The molecule has 0 spiro atoms. The second-order valence-corrected chi connectivity index (χ2v) is 18.6. The van der Waals surface area contributed by atoms with Gasteiger partial charge in [0.1, 0.15) is 21.9 Å². The predicted octanol–water partition coefficient (Wildman–Crippen LogP) is 2.87. The van der Waals surface area contributed by atoms with E-state index in [0.29, 0.717) is 32.2 Å². The first-order valence-corrected chi connectivity index (χ1v) is 19.7. The lowest BCUT2D eigenvalue weighted by Gasteiger charge is -2.40. The molecule has 0 aromatic carbocycles. The van der Waals surface area contributed by atoms with E-state index < -0.39 is 68.5 Å². The van der Waals surface area contributed by atoms with Crippen molar-refractivity contribution >= 4 is 39.4 Å². The molecule has 3 saturated carbocycles. The number of Topliss-reactive ketones (excluding diaryl/α,β-unsaturated/α-hetero) is 1. The van der Waals surface area contributed by atoms with E-state index in [2.05, 4.69) is 41.7 Å². The smallest absolute Gasteiger partial charge is 0.315 e. The van der Waals surface area contributed by atoms with Crippen LogP contribution in [0.4, 0.5) is 4.79 Å². The van der Waals surface area contributed by atoms with Gasteiger partial charge in [0.05, 0.1) is 17.3 Å². The lowest BCUT2D eigenvalue weighted by molar-refractivity contribution is -0.145. The van der Waals surface area contributed by atoms with Gasteiger partial charge in [-0.05, 0) is 54.3 Å². The number of ketones is 1. The fraction of sp³-hybridized carbons (Fsp3) is 0.800. The number of nitrogens with one attached hydrogen (secondary N) is 4. The fourth-order valence-corrected chi connectivity index (χ4v) is 9.52. The molecule has 0 radical (unpaired) electrons. The van der Waals surface area contributed by atoms with E-state index >= 15 is 0 Å². The van der Waals surface area contributed by atoms with Crippen molar-refractivity contribution in [2.75, 3.05) is 25.1 Å². The summed E-state index contributed by atoms with van der Waals surface area (Å²) < 4.78 is 24.6. The van der Waals surface area contributed by atoms with E-state index in [9.17, 15) is 32.4 Å². The predicted molar refractivity (Wildman–Crippen MR) is 183 cm³/mol. The molecule has 0 bridgehead atoms. The lowest BCUT2D eigenvalue weighted by atomic mass is 9.80. The maximum Gasteiger partial charge on any atom is 0.315 e. The van der Waals surface area contributed by atoms with Crippen LogP contribution in [0.1, 0.15) is 98.8 Å². The third kappa shape index (κ3) is 8.79. The van der Waals surface area contributed by atoms with Crippen molar-refractivity contribution in [3.8, 4) is 0 Å². The normalized spacial score (nSPS) is 25.8. The van der Waals surface area contributed by atoms with Crippen molar-refractivity contribution < 1.29 is 32.4 Å². The van der Waals surface area contributed by atoms with Gasteiger partial charge >= 0.3 is 6.03 Å². The zero-order valence-electron chi connectivity index (χ0n) is 29.7. The van der Waals surface area contributed by atoms with Gasteiger partial charge in [0, 0.05) is 19.3 Å². The summed E-state index contributed by atoms with van der Waals surface area (Å²) >= 11 is 0. The fourth-order valence-electron chi connectivity index (χ4n) is 8.16. The topological polar surface area (TPSA) is 171 Å². The number of likely N-dealkylation sites (tertiary alicyclic amines) is 1. The van der Waals surface area contributed by atoms with Gasteiger partial charge in [0.25, 0.3) is 5.91 Å². The highest BCUT2D eigenvalue weighted by molar-refractivity contribution is 7.90. The molecule has 3 aliphatic carbocycles. The van der Waals surface area contributed by atoms with Gasteiger partial charge in [-0.3, -0.25) is 19.2 Å². The van der Waals surface area contributed by atoms with E-state index in [-0.39, 0.29) is 35.5 Å². The van der Waals surface area contributed by atoms with Gasteiger partial charge in [-0.25, -0.2) is 13.2 Å². The number of sulfone groups is 1. The van der Waals surface area contributed by atoms with Gasteiger partial charge in [-0.2, -0.15) is 0 Å². The first kappa shape index (κ1) is 37.9. The Balaban J connectivity index is 1.53. The van der Waals surface area contributed by atoms with Crippen LogP contribution in [-0.4, -0.2) is 91.6 Å². The number of amides is 5. The van der Waals surface area contributed by atoms with Gasteiger partial charge < -0.3 is 26.2 Å². The van der Waals surface area contributed by atoms with Crippen LogP contribution in [0.5, 0.6) is 0 Å². The summed E-state index contributed by atoms with van der Waals surface area (Å²) in [7, 11) is -3.39. The van der Waals surface area contributed by atoms with Crippen molar-refractivity contribution in [2.24, 2.45) is 28.6 Å². The SMILES string of the molecule is C=CCCNC(=O)C(=O)C(CC1CCC1)NC(=O)[C@@H]1[C@@H]2C(CN1C(=O)[C@@H](NC(=O)NC1(CS(C)(=O)=O)CCCCC1)C(C)(C)C)C2(C)C. The molecule has 0 aromatic heterocycles. The Labute approximate surface area is 286 Å². The van der Waals surface area contributed by atoms with Crippen molar-refractivity contribution in [2.45, 2.75) is 122 Å². The second-order valence-electron chi connectivity index (χ2n) is 16.5. The van der Waals surface area contributed by atoms with E-state index in [4.69, 9.17) is 0 Å². The molecular formula is C35H57N5O7S. The van der Waals surface area contributed by atoms with Crippen LogP contribution < -0.4 is 21.3 Å².